The summed E-state index contributed by atoms with van der Waals surface area (Å²) in [7, 11) is 0. The van der Waals surface area contributed by atoms with Gasteiger partial charge in [0.25, 0.3) is 5.91 Å². The Morgan fingerprint density at radius 2 is 1.71 bits per heavy atom. The molecule has 1 aromatic heterocycles. The molecule has 0 aliphatic rings. The number of carbonyl (C=O) groups is 1. The molecule has 4 rings (SSSR count). The molecule has 0 fully saturated rings. The summed E-state index contributed by atoms with van der Waals surface area (Å²) in [5, 5.41) is 11.8. The van der Waals surface area contributed by atoms with Crippen LogP contribution in [0.15, 0.2) is 88.5 Å². The smallest absolute Gasteiger partial charge is 0.345 e. The largest absolute Gasteiger partial charge is 0.416 e. The predicted molar refractivity (Wildman–Crippen MR) is 128 cm³/mol. The summed E-state index contributed by atoms with van der Waals surface area (Å²) in [6, 6.07) is 21.5. The molecule has 5 nitrogen and oxygen atoms in total. The van der Waals surface area contributed by atoms with Crippen molar-refractivity contribution in [2.24, 2.45) is 0 Å². The Kier molecular flexibility index (Phi) is 7.38. The molecule has 10 heteroatoms. The fraction of sp³-hybridized carbons (Fsp3) is 0.125. The van der Waals surface area contributed by atoms with Crippen LogP contribution in [0.5, 0.6) is 0 Å². The van der Waals surface area contributed by atoms with Gasteiger partial charge in [-0.15, -0.1) is 10.2 Å². The summed E-state index contributed by atoms with van der Waals surface area (Å²) in [4.78, 5) is 12.5. The Labute approximate surface area is 206 Å². The molecular formula is C24H18BrF3N4OS. The second kappa shape index (κ2) is 10.4. The monoisotopic (exact) mass is 546 g/mol. The van der Waals surface area contributed by atoms with Crippen molar-refractivity contribution in [2.75, 3.05) is 0 Å². The number of thioether (sulfide) groups is 1. The molecule has 4 aromatic rings. The lowest BCUT2D eigenvalue weighted by molar-refractivity contribution is -0.137. The van der Waals surface area contributed by atoms with Gasteiger partial charge < -0.3 is 5.32 Å². The molecule has 0 saturated carbocycles. The van der Waals surface area contributed by atoms with Crippen molar-refractivity contribution in [2.45, 2.75) is 23.6 Å². The van der Waals surface area contributed by atoms with Crippen molar-refractivity contribution < 1.29 is 18.0 Å². The van der Waals surface area contributed by atoms with Crippen molar-refractivity contribution >= 4 is 33.6 Å². The van der Waals surface area contributed by atoms with Crippen LogP contribution >= 0.6 is 27.7 Å². The van der Waals surface area contributed by atoms with Crippen molar-refractivity contribution in [1.82, 2.24) is 20.1 Å². The first-order chi connectivity index (χ1) is 16.3. The lowest BCUT2D eigenvalue weighted by Gasteiger charge is -2.12. The quantitative estimate of drug-likeness (QED) is 0.277. The van der Waals surface area contributed by atoms with Gasteiger partial charge >= 0.3 is 6.18 Å². The zero-order valence-electron chi connectivity index (χ0n) is 17.6. The number of hydrogen-bond donors (Lipinski definition) is 1. The first kappa shape index (κ1) is 24.0. The van der Waals surface area contributed by atoms with Crippen LogP contribution in [-0.2, 0) is 18.5 Å². The fourth-order valence-corrected chi connectivity index (χ4v) is 4.37. The van der Waals surface area contributed by atoms with Gasteiger partial charge in [0.2, 0.25) is 0 Å². The minimum absolute atomic E-state index is 0.126. The van der Waals surface area contributed by atoms with Crippen molar-refractivity contribution in [3.63, 3.8) is 0 Å². The Hall–Kier alpha value is -3.11. The van der Waals surface area contributed by atoms with Gasteiger partial charge in [-0.3, -0.25) is 9.36 Å². The number of rotatable bonds is 7. The number of hydrogen-bond acceptors (Lipinski definition) is 4. The van der Waals surface area contributed by atoms with Crippen LogP contribution in [0.2, 0.25) is 0 Å². The van der Waals surface area contributed by atoms with E-state index in [1.54, 1.807) is 34.9 Å². The molecule has 0 atom stereocenters. The molecule has 0 spiro atoms. The zero-order chi connectivity index (χ0) is 24.1. The fourth-order valence-electron chi connectivity index (χ4n) is 3.19. The van der Waals surface area contributed by atoms with Crippen LogP contribution in [0, 0.1) is 0 Å². The lowest BCUT2D eigenvalue weighted by atomic mass is 10.1. The van der Waals surface area contributed by atoms with Gasteiger partial charge in [0.15, 0.2) is 11.0 Å². The summed E-state index contributed by atoms with van der Waals surface area (Å²) in [5.74, 6) is 0.525. The van der Waals surface area contributed by atoms with E-state index >= 15 is 0 Å². The molecule has 174 valence electrons. The van der Waals surface area contributed by atoms with Crippen molar-refractivity contribution in [3.8, 4) is 5.69 Å². The Morgan fingerprint density at radius 3 is 2.41 bits per heavy atom. The van der Waals surface area contributed by atoms with E-state index in [-0.39, 0.29) is 18.2 Å². The third-order valence-electron chi connectivity index (χ3n) is 4.85. The van der Waals surface area contributed by atoms with Gasteiger partial charge in [-0.05, 0) is 48.0 Å². The first-order valence-electron chi connectivity index (χ1n) is 10.1. The van der Waals surface area contributed by atoms with Gasteiger partial charge in [0.05, 0.1) is 12.1 Å². The molecule has 0 aliphatic heterocycles. The molecule has 0 aliphatic carbocycles. The highest BCUT2D eigenvalue weighted by molar-refractivity contribution is 9.10. The third-order valence-corrected chi connectivity index (χ3v) is 6.38. The number of alkyl halides is 3. The maximum atomic E-state index is 13.1. The van der Waals surface area contributed by atoms with E-state index in [0.717, 1.165) is 22.3 Å². The highest BCUT2D eigenvalue weighted by Gasteiger charge is 2.30. The van der Waals surface area contributed by atoms with Gasteiger partial charge in [-0.25, -0.2) is 0 Å². The minimum atomic E-state index is -4.40. The Morgan fingerprint density at radius 1 is 0.971 bits per heavy atom. The highest BCUT2D eigenvalue weighted by Crippen LogP contribution is 2.31. The molecule has 0 unspecified atom stereocenters. The molecule has 34 heavy (non-hydrogen) atoms. The van der Waals surface area contributed by atoms with Crippen molar-refractivity contribution in [1.29, 1.82) is 0 Å². The highest BCUT2D eigenvalue weighted by atomic mass is 79.9. The maximum absolute atomic E-state index is 13.1. The number of nitrogens with zero attached hydrogens (tertiary/aromatic N) is 3. The molecular weight excluding hydrogens is 529 g/mol. The number of amides is 1. The number of carbonyl (C=O) groups excluding carboxylic acids is 1. The van der Waals surface area contributed by atoms with Crippen molar-refractivity contribution in [3.05, 3.63) is 106 Å². The second-order valence-electron chi connectivity index (χ2n) is 7.25. The SMILES string of the molecule is O=C(NCc1nnc(SCc2cccc(C(F)(F)F)c2)n1-c1ccc(Br)cc1)c1ccccc1. The van der Waals surface area contributed by atoms with Crippen LogP contribution in [0.1, 0.15) is 27.3 Å². The first-order valence-corrected chi connectivity index (χ1v) is 11.9. The minimum Gasteiger partial charge on any atom is -0.345 e. The van der Waals surface area contributed by atoms with Crippen LogP contribution < -0.4 is 5.32 Å². The predicted octanol–water partition coefficient (Wildman–Crippen LogP) is 6.27. The average molecular weight is 547 g/mol. The molecule has 0 radical (unpaired) electrons. The number of nitrogens with one attached hydrogen (secondary N) is 1. The van der Waals surface area contributed by atoms with Gasteiger partial charge in [0, 0.05) is 21.5 Å². The van der Waals surface area contributed by atoms with Crippen LogP contribution in [0.25, 0.3) is 5.69 Å². The van der Waals surface area contributed by atoms with E-state index < -0.39 is 11.7 Å². The molecule has 1 amide bonds. The molecule has 1 N–H and O–H groups in total. The van der Waals surface area contributed by atoms with E-state index in [9.17, 15) is 18.0 Å². The van der Waals surface area contributed by atoms with E-state index in [2.05, 4.69) is 31.4 Å². The lowest BCUT2D eigenvalue weighted by Crippen LogP contribution is -2.24. The number of aromatic nitrogens is 3. The van der Waals surface area contributed by atoms with Gasteiger partial charge in [0.1, 0.15) is 0 Å². The van der Waals surface area contributed by atoms with Crippen LogP contribution in [-0.4, -0.2) is 20.7 Å². The second-order valence-corrected chi connectivity index (χ2v) is 9.10. The number of benzene rings is 3. The normalized spacial score (nSPS) is 11.4. The average Bonchev–Trinajstić information content (AvgIpc) is 3.24. The maximum Gasteiger partial charge on any atom is 0.416 e. The number of halogens is 4. The molecule has 3 aromatic carbocycles. The summed E-state index contributed by atoms with van der Waals surface area (Å²) in [6.07, 6.45) is -4.40. The summed E-state index contributed by atoms with van der Waals surface area (Å²) < 4.78 is 41.8. The van der Waals surface area contributed by atoms with Crippen LogP contribution in [0.3, 0.4) is 0 Å². The molecule has 1 heterocycles. The third kappa shape index (κ3) is 5.87. The standard InChI is InChI=1S/C24H18BrF3N4OS/c25-19-9-11-20(12-10-19)32-21(14-29-22(33)17-6-2-1-3-7-17)30-31-23(32)34-15-16-5-4-8-18(13-16)24(26,27)28/h1-13H,14-15H2,(H,29,33). The summed E-state index contributed by atoms with van der Waals surface area (Å²) in [6.45, 7) is 0.126. The molecule has 0 bridgehead atoms. The van der Waals surface area contributed by atoms with E-state index in [1.807, 2.05) is 30.3 Å². The summed E-state index contributed by atoms with van der Waals surface area (Å²) in [5.41, 5.74) is 1.12. The van der Waals surface area contributed by atoms with Gasteiger partial charge in [-0.1, -0.05) is 64.1 Å². The van der Waals surface area contributed by atoms with Crippen LogP contribution in [0.4, 0.5) is 13.2 Å². The van der Waals surface area contributed by atoms with Gasteiger partial charge in [-0.2, -0.15) is 13.2 Å². The van der Waals surface area contributed by atoms with E-state index in [0.29, 0.717) is 22.1 Å². The molecule has 0 saturated heterocycles. The zero-order valence-corrected chi connectivity index (χ0v) is 20.0. The van der Waals surface area contributed by atoms with E-state index in [4.69, 9.17) is 0 Å². The topological polar surface area (TPSA) is 59.8 Å². The Bertz CT molecular complexity index is 1280. The van der Waals surface area contributed by atoms with E-state index in [1.165, 1.54) is 17.8 Å². The summed E-state index contributed by atoms with van der Waals surface area (Å²) >= 11 is 4.68. The Balaban J connectivity index is 1.57.